The smallest absolute Gasteiger partial charge is 0.265 e. The highest BCUT2D eigenvalue weighted by Crippen LogP contribution is 2.33. The summed E-state index contributed by atoms with van der Waals surface area (Å²) in [5, 5.41) is 0. The molecule has 0 aliphatic carbocycles. The fraction of sp³-hybridized carbons (Fsp3) is 0.300. The highest BCUT2D eigenvalue weighted by Gasteiger charge is 2.28. The Hall–Kier alpha value is -3.02. The van der Waals surface area contributed by atoms with Crippen molar-refractivity contribution in [3.8, 4) is 11.5 Å². The number of methoxy groups -OCH3 is 1. The predicted octanol–water partition coefficient (Wildman–Crippen LogP) is 2.54. The van der Waals surface area contributed by atoms with Crippen molar-refractivity contribution >= 4 is 17.5 Å². The zero-order chi connectivity index (χ0) is 18.7. The third-order valence-electron chi connectivity index (χ3n) is 4.60. The summed E-state index contributed by atoms with van der Waals surface area (Å²) in [4.78, 5) is 26.3. The summed E-state index contributed by atoms with van der Waals surface area (Å²) in [7, 11) is 1.47. The lowest BCUT2D eigenvalue weighted by molar-refractivity contribution is -0.121. The summed E-state index contributed by atoms with van der Waals surface area (Å²) in [6.07, 6.45) is 1.84. The SMILES string of the molecule is COc1cccc(C(N)=O)c1OCC(=O)N1c2ccccc2CC[C@@H]1C. The molecule has 6 heteroatoms. The van der Waals surface area contributed by atoms with Crippen LogP contribution in [0.4, 0.5) is 5.69 Å². The Balaban J connectivity index is 1.83. The zero-order valence-corrected chi connectivity index (χ0v) is 14.9. The second-order valence-corrected chi connectivity index (χ2v) is 6.27. The number of benzene rings is 2. The molecular formula is C20H22N2O4. The first-order valence-electron chi connectivity index (χ1n) is 8.52. The van der Waals surface area contributed by atoms with Crippen molar-refractivity contribution in [3.63, 3.8) is 0 Å². The zero-order valence-electron chi connectivity index (χ0n) is 14.9. The summed E-state index contributed by atoms with van der Waals surface area (Å²) in [6, 6.07) is 12.8. The third kappa shape index (κ3) is 3.35. The van der Waals surface area contributed by atoms with Crippen LogP contribution in [0.3, 0.4) is 0 Å². The van der Waals surface area contributed by atoms with Crippen LogP contribution in [0, 0.1) is 0 Å². The topological polar surface area (TPSA) is 81.9 Å². The minimum absolute atomic E-state index is 0.0780. The van der Waals surface area contributed by atoms with Gasteiger partial charge in [0.15, 0.2) is 18.1 Å². The number of nitrogens with zero attached hydrogens (tertiary/aromatic N) is 1. The van der Waals surface area contributed by atoms with Gasteiger partial charge in [0.05, 0.1) is 12.7 Å². The molecule has 26 heavy (non-hydrogen) atoms. The average molecular weight is 354 g/mol. The number of anilines is 1. The highest BCUT2D eigenvalue weighted by molar-refractivity contribution is 5.98. The normalized spacial score (nSPS) is 15.9. The number of ether oxygens (including phenoxy) is 2. The molecule has 0 aromatic heterocycles. The standard InChI is InChI=1S/C20H22N2O4/c1-13-10-11-14-6-3-4-8-16(14)22(13)18(23)12-26-19-15(20(21)24)7-5-9-17(19)25-2/h3-9,13H,10-12H2,1-2H3,(H2,21,24)/t13-/m0/s1. The molecule has 3 rings (SSSR count). The first-order chi connectivity index (χ1) is 12.5. The van der Waals surface area contributed by atoms with E-state index in [9.17, 15) is 9.59 Å². The predicted molar refractivity (Wildman–Crippen MR) is 98.7 cm³/mol. The lowest BCUT2D eigenvalue weighted by Gasteiger charge is -2.35. The molecule has 2 amide bonds. The maximum atomic E-state index is 12.9. The number of amides is 2. The molecule has 1 aliphatic heterocycles. The molecule has 1 atom stereocenters. The van der Waals surface area contributed by atoms with Crippen molar-refractivity contribution in [2.75, 3.05) is 18.6 Å². The molecule has 0 fully saturated rings. The Kier molecular flexibility index (Phi) is 5.11. The Morgan fingerprint density at radius 2 is 1.96 bits per heavy atom. The van der Waals surface area contributed by atoms with E-state index in [1.165, 1.54) is 7.11 Å². The van der Waals surface area contributed by atoms with Crippen LogP contribution in [-0.2, 0) is 11.2 Å². The summed E-state index contributed by atoms with van der Waals surface area (Å²) < 4.78 is 10.9. The van der Waals surface area contributed by atoms with Gasteiger partial charge in [-0.3, -0.25) is 9.59 Å². The van der Waals surface area contributed by atoms with Gasteiger partial charge in [-0.1, -0.05) is 24.3 Å². The minimum atomic E-state index is -0.636. The second kappa shape index (κ2) is 7.47. The van der Waals surface area contributed by atoms with Crippen LogP contribution in [0.5, 0.6) is 11.5 Å². The van der Waals surface area contributed by atoms with Gasteiger partial charge in [-0.25, -0.2) is 0 Å². The molecule has 0 unspecified atom stereocenters. The van der Waals surface area contributed by atoms with Crippen molar-refractivity contribution in [2.24, 2.45) is 5.73 Å². The van der Waals surface area contributed by atoms with Crippen LogP contribution in [0.2, 0.25) is 0 Å². The Morgan fingerprint density at radius 3 is 2.69 bits per heavy atom. The summed E-state index contributed by atoms with van der Waals surface area (Å²) in [6.45, 7) is 1.81. The largest absolute Gasteiger partial charge is 0.493 e. The van der Waals surface area contributed by atoms with Gasteiger partial charge in [0.2, 0.25) is 0 Å². The van der Waals surface area contributed by atoms with Gasteiger partial charge in [0, 0.05) is 11.7 Å². The van der Waals surface area contributed by atoms with Crippen molar-refractivity contribution in [1.82, 2.24) is 0 Å². The van der Waals surface area contributed by atoms with E-state index in [2.05, 4.69) is 0 Å². The lowest BCUT2D eigenvalue weighted by Crippen LogP contribution is -2.44. The number of carbonyl (C=O) groups is 2. The molecule has 1 heterocycles. The van der Waals surface area contributed by atoms with Crippen LogP contribution in [0.1, 0.15) is 29.3 Å². The van der Waals surface area contributed by atoms with Gasteiger partial charge in [0.1, 0.15) is 0 Å². The molecule has 2 aromatic carbocycles. The van der Waals surface area contributed by atoms with E-state index in [1.807, 2.05) is 31.2 Å². The number of primary amides is 1. The fourth-order valence-electron chi connectivity index (χ4n) is 3.29. The Bertz CT molecular complexity index is 834. The summed E-state index contributed by atoms with van der Waals surface area (Å²) in [5.41, 5.74) is 7.65. The average Bonchev–Trinajstić information content (AvgIpc) is 2.65. The Labute approximate surface area is 152 Å². The monoisotopic (exact) mass is 354 g/mol. The molecule has 0 saturated heterocycles. The number of fused-ring (bicyclic) bond motifs is 1. The van der Waals surface area contributed by atoms with E-state index in [-0.39, 0.29) is 29.9 Å². The molecule has 2 N–H and O–H groups in total. The fourth-order valence-corrected chi connectivity index (χ4v) is 3.29. The van der Waals surface area contributed by atoms with Gasteiger partial charge in [-0.2, -0.15) is 0 Å². The van der Waals surface area contributed by atoms with Crippen molar-refractivity contribution in [2.45, 2.75) is 25.8 Å². The molecule has 6 nitrogen and oxygen atoms in total. The van der Waals surface area contributed by atoms with E-state index in [1.54, 1.807) is 23.1 Å². The van der Waals surface area contributed by atoms with E-state index in [4.69, 9.17) is 15.2 Å². The lowest BCUT2D eigenvalue weighted by atomic mass is 9.96. The van der Waals surface area contributed by atoms with Gasteiger partial charge < -0.3 is 20.1 Å². The van der Waals surface area contributed by atoms with E-state index >= 15 is 0 Å². The molecule has 0 spiro atoms. The number of aryl methyl sites for hydroxylation is 1. The number of nitrogens with two attached hydrogens (primary N) is 1. The van der Waals surface area contributed by atoms with Crippen molar-refractivity contribution in [1.29, 1.82) is 0 Å². The quantitative estimate of drug-likeness (QED) is 0.895. The number of hydrogen-bond acceptors (Lipinski definition) is 4. The van der Waals surface area contributed by atoms with Crippen LogP contribution in [0.25, 0.3) is 0 Å². The van der Waals surface area contributed by atoms with Gasteiger partial charge in [0.25, 0.3) is 11.8 Å². The first-order valence-corrected chi connectivity index (χ1v) is 8.52. The number of rotatable bonds is 5. The number of hydrogen-bond donors (Lipinski definition) is 1. The maximum absolute atomic E-state index is 12.9. The van der Waals surface area contributed by atoms with Crippen molar-refractivity contribution < 1.29 is 19.1 Å². The van der Waals surface area contributed by atoms with Crippen LogP contribution in [-0.4, -0.2) is 31.6 Å². The van der Waals surface area contributed by atoms with E-state index in [0.717, 1.165) is 24.1 Å². The Morgan fingerprint density at radius 1 is 1.19 bits per heavy atom. The van der Waals surface area contributed by atoms with Gasteiger partial charge >= 0.3 is 0 Å². The highest BCUT2D eigenvalue weighted by atomic mass is 16.5. The molecule has 1 aliphatic rings. The summed E-state index contributed by atoms with van der Waals surface area (Å²) >= 11 is 0. The molecule has 136 valence electrons. The van der Waals surface area contributed by atoms with E-state index < -0.39 is 5.91 Å². The third-order valence-corrected chi connectivity index (χ3v) is 4.60. The second-order valence-electron chi connectivity index (χ2n) is 6.27. The molecule has 2 aromatic rings. The van der Waals surface area contributed by atoms with Crippen molar-refractivity contribution in [3.05, 3.63) is 53.6 Å². The van der Waals surface area contributed by atoms with Crippen LogP contribution >= 0.6 is 0 Å². The van der Waals surface area contributed by atoms with Crippen LogP contribution < -0.4 is 20.1 Å². The maximum Gasteiger partial charge on any atom is 0.265 e. The molecular weight excluding hydrogens is 332 g/mol. The first kappa shape index (κ1) is 17.8. The molecule has 0 saturated carbocycles. The number of para-hydroxylation sites is 2. The van der Waals surface area contributed by atoms with Gasteiger partial charge in [-0.15, -0.1) is 0 Å². The van der Waals surface area contributed by atoms with Crippen LogP contribution in [0.15, 0.2) is 42.5 Å². The van der Waals surface area contributed by atoms with E-state index in [0.29, 0.717) is 5.75 Å². The van der Waals surface area contributed by atoms with Gasteiger partial charge in [-0.05, 0) is 43.5 Å². The number of carbonyl (C=O) groups excluding carboxylic acids is 2. The molecule has 0 bridgehead atoms. The minimum Gasteiger partial charge on any atom is -0.493 e. The molecule has 0 radical (unpaired) electrons. The summed E-state index contributed by atoms with van der Waals surface area (Å²) in [5.74, 6) is -0.260.